The lowest BCUT2D eigenvalue weighted by Crippen LogP contribution is -2.27. The first-order chi connectivity index (χ1) is 9.38. The van der Waals surface area contributed by atoms with Gasteiger partial charge < -0.3 is 4.74 Å². The van der Waals surface area contributed by atoms with Crippen LogP contribution >= 0.6 is 15.9 Å². The van der Waals surface area contributed by atoms with Gasteiger partial charge in [0.1, 0.15) is 5.82 Å². The Kier molecular flexibility index (Phi) is 7.08. The molecule has 0 aliphatic heterocycles. The monoisotopic (exact) mass is 367 g/mol. The summed E-state index contributed by atoms with van der Waals surface area (Å²) < 4.78 is 45.3. The zero-order chi connectivity index (χ0) is 15.2. The predicted molar refractivity (Wildman–Crippen MR) is 80.3 cm³/mol. The molecule has 0 fully saturated rings. The second-order valence-corrected chi connectivity index (χ2v) is 6.92. The van der Waals surface area contributed by atoms with Crippen molar-refractivity contribution in [3.63, 3.8) is 0 Å². The molecule has 0 aliphatic carbocycles. The number of nitrogens with one attached hydrogen (secondary N) is 1. The Morgan fingerprint density at radius 3 is 2.40 bits per heavy atom. The van der Waals surface area contributed by atoms with E-state index < -0.39 is 15.8 Å². The lowest BCUT2D eigenvalue weighted by molar-refractivity contribution is 0.149. The van der Waals surface area contributed by atoms with E-state index in [9.17, 15) is 12.8 Å². The molecule has 0 bridgehead atoms. The van der Waals surface area contributed by atoms with E-state index in [1.54, 1.807) is 13.8 Å². The SMILES string of the molecule is Cc1cc(F)cc(C)c1S(=O)(=O)NCCCOCCBr. The number of alkyl halides is 1. The third kappa shape index (κ3) is 5.12. The van der Waals surface area contributed by atoms with Gasteiger partial charge in [-0.05, 0) is 43.5 Å². The summed E-state index contributed by atoms with van der Waals surface area (Å²) in [5.41, 5.74) is 0.816. The zero-order valence-electron chi connectivity index (χ0n) is 11.6. The largest absolute Gasteiger partial charge is 0.381 e. The molecule has 1 rings (SSSR count). The zero-order valence-corrected chi connectivity index (χ0v) is 14.0. The van der Waals surface area contributed by atoms with Crippen LogP contribution in [0.4, 0.5) is 4.39 Å². The molecule has 0 unspecified atom stereocenters. The first kappa shape index (κ1) is 17.6. The number of rotatable bonds is 8. The second-order valence-electron chi connectivity index (χ2n) is 4.42. The standard InChI is InChI=1S/C13H19BrFNO3S/c1-10-8-12(15)9-11(2)13(10)20(17,18)16-5-3-6-19-7-4-14/h8-9,16H,3-7H2,1-2H3. The summed E-state index contributed by atoms with van der Waals surface area (Å²) in [6, 6.07) is 2.45. The van der Waals surface area contributed by atoms with Gasteiger partial charge in [-0.25, -0.2) is 17.5 Å². The van der Waals surface area contributed by atoms with Gasteiger partial charge in [0.15, 0.2) is 0 Å². The van der Waals surface area contributed by atoms with E-state index >= 15 is 0 Å². The number of sulfonamides is 1. The molecule has 4 nitrogen and oxygen atoms in total. The lowest BCUT2D eigenvalue weighted by atomic mass is 10.1. The quantitative estimate of drug-likeness (QED) is 0.567. The van der Waals surface area contributed by atoms with Gasteiger partial charge in [0.05, 0.1) is 11.5 Å². The fraction of sp³-hybridized carbons (Fsp3) is 0.538. The summed E-state index contributed by atoms with van der Waals surface area (Å²) in [5, 5.41) is 0.757. The van der Waals surface area contributed by atoms with Crippen molar-refractivity contribution in [2.24, 2.45) is 0 Å². The molecule has 7 heteroatoms. The van der Waals surface area contributed by atoms with Crippen LogP contribution in [0.2, 0.25) is 0 Å². The highest BCUT2D eigenvalue weighted by Gasteiger charge is 2.19. The molecule has 1 aromatic rings. The van der Waals surface area contributed by atoms with Crippen LogP contribution in [-0.4, -0.2) is 33.5 Å². The smallest absolute Gasteiger partial charge is 0.241 e. The van der Waals surface area contributed by atoms with Crippen molar-refractivity contribution < 1.29 is 17.5 Å². The molecule has 0 saturated carbocycles. The Bertz CT molecular complexity index is 526. The normalized spacial score (nSPS) is 11.8. The van der Waals surface area contributed by atoms with E-state index in [1.807, 2.05) is 0 Å². The Balaban J connectivity index is 2.66. The molecule has 0 spiro atoms. The van der Waals surface area contributed by atoms with Crippen LogP contribution in [0.5, 0.6) is 0 Å². The Labute approximate surface area is 127 Å². The average molecular weight is 368 g/mol. The first-order valence-electron chi connectivity index (χ1n) is 6.28. The highest BCUT2D eigenvalue weighted by atomic mass is 79.9. The minimum Gasteiger partial charge on any atom is -0.381 e. The van der Waals surface area contributed by atoms with Crippen molar-refractivity contribution in [1.29, 1.82) is 0 Å². The van der Waals surface area contributed by atoms with Crippen LogP contribution in [0, 0.1) is 19.7 Å². The number of benzene rings is 1. The van der Waals surface area contributed by atoms with Crippen LogP contribution in [-0.2, 0) is 14.8 Å². The number of hydrogen-bond acceptors (Lipinski definition) is 3. The van der Waals surface area contributed by atoms with E-state index in [-0.39, 0.29) is 4.90 Å². The number of hydrogen-bond donors (Lipinski definition) is 1. The maximum atomic E-state index is 13.2. The summed E-state index contributed by atoms with van der Waals surface area (Å²) in [6.45, 7) is 4.56. The van der Waals surface area contributed by atoms with Crippen LogP contribution in [0.1, 0.15) is 17.5 Å². The van der Waals surface area contributed by atoms with Gasteiger partial charge in [0, 0.05) is 18.5 Å². The van der Waals surface area contributed by atoms with Crippen molar-refractivity contribution in [1.82, 2.24) is 4.72 Å². The highest BCUT2D eigenvalue weighted by molar-refractivity contribution is 9.09. The second kappa shape index (κ2) is 8.07. The van der Waals surface area contributed by atoms with Gasteiger partial charge in [0.25, 0.3) is 0 Å². The molecule has 0 heterocycles. The molecule has 0 aliphatic rings. The van der Waals surface area contributed by atoms with Crippen molar-refractivity contribution in [3.8, 4) is 0 Å². The Morgan fingerprint density at radius 1 is 1.25 bits per heavy atom. The van der Waals surface area contributed by atoms with Gasteiger partial charge in [-0.15, -0.1) is 0 Å². The summed E-state index contributed by atoms with van der Waals surface area (Å²) in [7, 11) is -3.61. The molecule has 0 aromatic heterocycles. The maximum absolute atomic E-state index is 13.2. The molecular formula is C13H19BrFNO3S. The van der Waals surface area contributed by atoms with Gasteiger partial charge in [0.2, 0.25) is 10.0 Å². The van der Waals surface area contributed by atoms with Crippen LogP contribution in [0.15, 0.2) is 17.0 Å². The Morgan fingerprint density at radius 2 is 1.85 bits per heavy atom. The number of halogens is 2. The van der Waals surface area contributed by atoms with E-state index in [2.05, 4.69) is 20.7 Å². The van der Waals surface area contributed by atoms with Gasteiger partial charge >= 0.3 is 0 Å². The first-order valence-corrected chi connectivity index (χ1v) is 8.89. The minimum absolute atomic E-state index is 0.153. The molecule has 1 N–H and O–H groups in total. The van der Waals surface area contributed by atoms with Crippen molar-refractivity contribution in [2.45, 2.75) is 25.2 Å². The summed E-state index contributed by atoms with van der Waals surface area (Å²) in [4.78, 5) is 0.153. The summed E-state index contributed by atoms with van der Waals surface area (Å²) >= 11 is 3.24. The van der Waals surface area contributed by atoms with Crippen molar-refractivity contribution in [2.75, 3.05) is 25.1 Å². The predicted octanol–water partition coefficient (Wildman–Crippen LogP) is 2.52. The average Bonchev–Trinajstić information content (AvgIpc) is 2.31. The molecule has 0 radical (unpaired) electrons. The third-order valence-corrected chi connectivity index (χ3v) is 4.76. The van der Waals surface area contributed by atoms with Crippen LogP contribution in [0.25, 0.3) is 0 Å². The molecule has 0 amide bonds. The maximum Gasteiger partial charge on any atom is 0.241 e. The fourth-order valence-electron chi connectivity index (χ4n) is 1.93. The molecular weight excluding hydrogens is 349 g/mol. The number of aryl methyl sites for hydroxylation is 2. The van der Waals surface area contributed by atoms with E-state index in [0.29, 0.717) is 37.3 Å². The third-order valence-electron chi connectivity index (χ3n) is 2.67. The van der Waals surface area contributed by atoms with Gasteiger partial charge in [-0.1, -0.05) is 15.9 Å². The minimum atomic E-state index is -3.61. The fourth-order valence-corrected chi connectivity index (χ4v) is 3.68. The van der Waals surface area contributed by atoms with Gasteiger partial charge in [-0.2, -0.15) is 0 Å². The molecule has 20 heavy (non-hydrogen) atoms. The van der Waals surface area contributed by atoms with Crippen LogP contribution < -0.4 is 4.72 Å². The van der Waals surface area contributed by atoms with Crippen molar-refractivity contribution >= 4 is 26.0 Å². The van der Waals surface area contributed by atoms with E-state index in [4.69, 9.17) is 4.74 Å². The topological polar surface area (TPSA) is 55.4 Å². The Hall–Kier alpha value is -0.500. The highest BCUT2D eigenvalue weighted by Crippen LogP contribution is 2.21. The van der Waals surface area contributed by atoms with Gasteiger partial charge in [-0.3, -0.25) is 0 Å². The van der Waals surface area contributed by atoms with Crippen LogP contribution in [0.3, 0.4) is 0 Å². The summed E-state index contributed by atoms with van der Waals surface area (Å²) in [5.74, 6) is -0.429. The molecule has 1 aromatic carbocycles. The van der Waals surface area contributed by atoms with E-state index in [1.165, 1.54) is 12.1 Å². The number of ether oxygens (including phenoxy) is 1. The summed E-state index contributed by atoms with van der Waals surface area (Å²) in [6.07, 6.45) is 0.589. The molecule has 0 saturated heterocycles. The molecule has 0 atom stereocenters. The lowest BCUT2D eigenvalue weighted by Gasteiger charge is -2.12. The van der Waals surface area contributed by atoms with E-state index in [0.717, 1.165) is 5.33 Å². The molecule has 114 valence electrons. The van der Waals surface area contributed by atoms with Crippen molar-refractivity contribution in [3.05, 3.63) is 29.1 Å².